The second kappa shape index (κ2) is 4.94. The van der Waals surface area contributed by atoms with Crippen LogP contribution < -0.4 is 0 Å². The molecule has 0 fully saturated rings. The molecule has 1 rings (SSSR count). The van der Waals surface area contributed by atoms with Crippen molar-refractivity contribution in [1.82, 2.24) is 4.98 Å². The minimum absolute atomic E-state index is 0.541. The Labute approximate surface area is 78.7 Å². The molecular formula is C10H15NO2. The zero-order valence-corrected chi connectivity index (χ0v) is 8.33. The van der Waals surface area contributed by atoms with E-state index in [9.17, 15) is 0 Å². The highest BCUT2D eigenvalue weighted by molar-refractivity contribution is 5.23. The summed E-state index contributed by atoms with van der Waals surface area (Å²) in [6, 6.07) is 2.07. The molecule has 13 heavy (non-hydrogen) atoms. The third-order valence-corrected chi connectivity index (χ3v) is 1.78. The molecule has 1 heterocycles. The number of methoxy groups -OCH3 is 2. The molecule has 0 spiro atoms. The molecule has 0 radical (unpaired) electrons. The molecule has 0 aromatic carbocycles. The van der Waals surface area contributed by atoms with Crippen molar-refractivity contribution in [2.45, 2.75) is 20.1 Å². The quantitative estimate of drug-likeness (QED) is 0.708. The first-order chi connectivity index (χ1) is 6.27. The predicted molar refractivity (Wildman–Crippen MR) is 50.4 cm³/mol. The molecule has 0 aliphatic rings. The van der Waals surface area contributed by atoms with Gasteiger partial charge in [-0.15, -0.1) is 0 Å². The fourth-order valence-corrected chi connectivity index (χ4v) is 1.21. The summed E-state index contributed by atoms with van der Waals surface area (Å²) in [5.41, 5.74) is 3.20. The lowest BCUT2D eigenvalue weighted by Gasteiger charge is -2.07. The number of ether oxygens (including phenoxy) is 2. The zero-order chi connectivity index (χ0) is 9.68. The van der Waals surface area contributed by atoms with Gasteiger partial charge in [0.25, 0.3) is 0 Å². The molecule has 72 valence electrons. The van der Waals surface area contributed by atoms with Crippen molar-refractivity contribution < 1.29 is 9.47 Å². The molecule has 1 aromatic heterocycles. The van der Waals surface area contributed by atoms with E-state index < -0.39 is 0 Å². The number of rotatable bonds is 4. The van der Waals surface area contributed by atoms with Crippen molar-refractivity contribution >= 4 is 0 Å². The fourth-order valence-electron chi connectivity index (χ4n) is 1.21. The average molecular weight is 181 g/mol. The topological polar surface area (TPSA) is 31.4 Å². The van der Waals surface area contributed by atoms with Gasteiger partial charge in [-0.2, -0.15) is 0 Å². The van der Waals surface area contributed by atoms with Gasteiger partial charge in [-0.1, -0.05) is 6.07 Å². The van der Waals surface area contributed by atoms with Gasteiger partial charge in [0.1, 0.15) is 0 Å². The molecule has 0 amide bonds. The standard InChI is InChI=1S/C10H15NO2/c1-8-4-9(6-12-2)10(7-13-3)11-5-8/h4-5H,6-7H2,1-3H3. The van der Waals surface area contributed by atoms with Crippen molar-refractivity contribution in [1.29, 1.82) is 0 Å². The second-order valence-corrected chi connectivity index (χ2v) is 2.98. The lowest BCUT2D eigenvalue weighted by molar-refractivity contribution is 0.165. The van der Waals surface area contributed by atoms with E-state index in [0.29, 0.717) is 13.2 Å². The monoisotopic (exact) mass is 181 g/mol. The summed E-state index contributed by atoms with van der Waals surface area (Å²) >= 11 is 0. The summed E-state index contributed by atoms with van der Waals surface area (Å²) in [6.07, 6.45) is 1.84. The SMILES string of the molecule is COCc1cc(C)cnc1COC. The van der Waals surface area contributed by atoms with E-state index in [1.54, 1.807) is 14.2 Å². The lowest BCUT2D eigenvalue weighted by Crippen LogP contribution is -2.01. The van der Waals surface area contributed by atoms with Crippen LogP contribution in [0.15, 0.2) is 12.3 Å². The molecule has 0 aliphatic carbocycles. The van der Waals surface area contributed by atoms with Gasteiger partial charge in [0.05, 0.1) is 18.9 Å². The van der Waals surface area contributed by atoms with Crippen LogP contribution in [0, 0.1) is 6.92 Å². The van der Waals surface area contributed by atoms with Gasteiger partial charge >= 0.3 is 0 Å². The smallest absolute Gasteiger partial charge is 0.0887 e. The second-order valence-electron chi connectivity index (χ2n) is 2.98. The fraction of sp³-hybridized carbons (Fsp3) is 0.500. The molecule has 0 saturated carbocycles. The first-order valence-corrected chi connectivity index (χ1v) is 4.20. The van der Waals surface area contributed by atoms with Crippen molar-refractivity contribution in [3.8, 4) is 0 Å². The van der Waals surface area contributed by atoms with E-state index in [-0.39, 0.29) is 0 Å². The van der Waals surface area contributed by atoms with Crippen molar-refractivity contribution in [3.63, 3.8) is 0 Å². The lowest BCUT2D eigenvalue weighted by atomic mass is 10.1. The van der Waals surface area contributed by atoms with E-state index >= 15 is 0 Å². The summed E-state index contributed by atoms with van der Waals surface area (Å²) in [6.45, 7) is 3.15. The minimum Gasteiger partial charge on any atom is -0.380 e. The molecule has 1 aromatic rings. The number of aromatic nitrogens is 1. The highest BCUT2D eigenvalue weighted by Gasteiger charge is 2.03. The predicted octanol–water partition coefficient (Wildman–Crippen LogP) is 1.68. The Morgan fingerprint density at radius 1 is 1.23 bits per heavy atom. The third kappa shape index (κ3) is 2.79. The van der Waals surface area contributed by atoms with E-state index in [1.807, 2.05) is 13.1 Å². The highest BCUT2D eigenvalue weighted by atomic mass is 16.5. The summed E-state index contributed by atoms with van der Waals surface area (Å²) < 4.78 is 10.1. The highest BCUT2D eigenvalue weighted by Crippen LogP contribution is 2.10. The van der Waals surface area contributed by atoms with Crippen LogP contribution >= 0.6 is 0 Å². The van der Waals surface area contributed by atoms with Crippen LogP contribution in [0.5, 0.6) is 0 Å². The molecule has 0 N–H and O–H groups in total. The molecular weight excluding hydrogens is 166 g/mol. The molecule has 0 atom stereocenters. The van der Waals surface area contributed by atoms with Crippen LogP contribution in [0.1, 0.15) is 16.8 Å². The molecule has 0 unspecified atom stereocenters. The van der Waals surface area contributed by atoms with Gasteiger partial charge in [0.2, 0.25) is 0 Å². The number of hydrogen-bond donors (Lipinski definition) is 0. The van der Waals surface area contributed by atoms with Crippen LogP contribution in [-0.2, 0) is 22.7 Å². The Balaban J connectivity index is 2.89. The molecule has 0 bridgehead atoms. The molecule has 3 nitrogen and oxygen atoms in total. The van der Waals surface area contributed by atoms with Crippen molar-refractivity contribution in [3.05, 3.63) is 29.1 Å². The Morgan fingerprint density at radius 3 is 2.54 bits per heavy atom. The maximum atomic E-state index is 5.07. The summed E-state index contributed by atoms with van der Waals surface area (Å²) in [7, 11) is 3.34. The Bertz CT molecular complexity index is 274. The van der Waals surface area contributed by atoms with Gasteiger partial charge in [-0.3, -0.25) is 4.98 Å². The van der Waals surface area contributed by atoms with Gasteiger partial charge in [0.15, 0.2) is 0 Å². The number of nitrogens with zero attached hydrogens (tertiary/aromatic N) is 1. The summed E-state index contributed by atoms with van der Waals surface area (Å²) in [5.74, 6) is 0. The minimum atomic E-state index is 0.541. The van der Waals surface area contributed by atoms with E-state index in [2.05, 4.69) is 11.1 Å². The van der Waals surface area contributed by atoms with Crippen molar-refractivity contribution in [2.24, 2.45) is 0 Å². The molecule has 3 heteroatoms. The van der Waals surface area contributed by atoms with E-state index in [4.69, 9.17) is 9.47 Å². The maximum absolute atomic E-state index is 5.07. The third-order valence-electron chi connectivity index (χ3n) is 1.78. The van der Waals surface area contributed by atoms with Crippen LogP contribution in [0.2, 0.25) is 0 Å². The molecule has 0 aliphatic heterocycles. The molecule has 0 saturated heterocycles. The van der Waals surface area contributed by atoms with Crippen molar-refractivity contribution in [2.75, 3.05) is 14.2 Å². The van der Waals surface area contributed by atoms with Gasteiger partial charge < -0.3 is 9.47 Å². The normalized spacial score (nSPS) is 10.4. The van der Waals surface area contributed by atoms with Gasteiger partial charge in [0, 0.05) is 26.0 Å². The Morgan fingerprint density at radius 2 is 1.92 bits per heavy atom. The average Bonchev–Trinajstić information content (AvgIpc) is 2.10. The van der Waals surface area contributed by atoms with Crippen LogP contribution in [-0.4, -0.2) is 19.2 Å². The van der Waals surface area contributed by atoms with Crippen LogP contribution in [0.4, 0.5) is 0 Å². The van der Waals surface area contributed by atoms with E-state index in [1.165, 1.54) is 0 Å². The Kier molecular flexibility index (Phi) is 3.86. The number of hydrogen-bond acceptors (Lipinski definition) is 3. The number of pyridine rings is 1. The van der Waals surface area contributed by atoms with Crippen LogP contribution in [0.3, 0.4) is 0 Å². The summed E-state index contributed by atoms with van der Waals surface area (Å²) in [5, 5.41) is 0. The Hall–Kier alpha value is -0.930. The van der Waals surface area contributed by atoms with Gasteiger partial charge in [-0.25, -0.2) is 0 Å². The first kappa shape index (κ1) is 10.2. The largest absolute Gasteiger partial charge is 0.380 e. The number of aryl methyl sites for hydroxylation is 1. The summed E-state index contributed by atoms with van der Waals surface area (Å²) in [4.78, 5) is 4.28. The van der Waals surface area contributed by atoms with Gasteiger partial charge in [-0.05, 0) is 12.5 Å². The zero-order valence-electron chi connectivity index (χ0n) is 8.33. The van der Waals surface area contributed by atoms with E-state index in [0.717, 1.165) is 16.8 Å². The first-order valence-electron chi connectivity index (χ1n) is 4.20. The van der Waals surface area contributed by atoms with Crippen LogP contribution in [0.25, 0.3) is 0 Å². The maximum Gasteiger partial charge on any atom is 0.0887 e.